The summed E-state index contributed by atoms with van der Waals surface area (Å²) < 4.78 is 32.8. The van der Waals surface area contributed by atoms with Crippen LogP contribution in [0.2, 0.25) is 0 Å². The van der Waals surface area contributed by atoms with Gasteiger partial charge < -0.3 is 4.74 Å². The Kier molecular flexibility index (Phi) is 4.20. The SMILES string of the molecule is CCc1cc2c(cc1C(C)(F)F)CN(C(=O)OC(C)(C)C)C2. The molecule has 0 spiro atoms. The molecule has 22 heavy (non-hydrogen) atoms. The molecule has 1 amide bonds. The fourth-order valence-electron chi connectivity index (χ4n) is 2.66. The predicted molar refractivity (Wildman–Crippen MR) is 80.9 cm³/mol. The summed E-state index contributed by atoms with van der Waals surface area (Å²) in [4.78, 5) is 13.7. The van der Waals surface area contributed by atoms with E-state index in [1.54, 1.807) is 37.8 Å². The van der Waals surface area contributed by atoms with Crippen LogP contribution in [0.25, 0.3) is 0 Å². The predicted octanol–water partition coefficient (Wildman–Crippen LogP) is 4.61. The van der Waals surface area contributed by atoms with Crippen molar-refractivity contribution in [2.75, 3.05) is 0 Å². The highest BCUT2D eigenvalue weighted by Gasteiger charge is 2.32. The molecule has 0 radical (unpaired) electrons. The maximum absolute atomic E-state index is 13.7. The quantitative estimate of drug-likeness (QED) is 0.798. The van der Waals surface area contributed by atoms with Gasteiger partial charge in [-0.25, -0.2) is 13.6 Å². The van der Waals surface area contributed by atoms with Gasteiger partial charge in [0.15, 0.2) is 0 Å². The summed E-state index contributed by atoms with van der Waals surface area (Å²) in [6, 6.07) is 3.34. The van der Waals surface area contributed by atoms with Crippen molar-refractivity contribution in [2.24, 2.45) is 0 Å². The van der Waals surface area contributed by atoms with E-state index in [2.05, 4.69) is 0 Å². The maximum atomic E-state index is 13.7. The smallest absolute Gasteiger partial charge is 0.410 e. The molecule has 0 atom stereocenters. The third-order valence-corrected chi connectivity index (χ3v) is 3.65. The number of alkyl halides is 2. The van der Waals surface area contributed by atoms with Crippen LogP contribution < -0.4 is 0 Å². The van der Waals surface area contributed by atoms with E-state index in [0.29, 0.717) is 25.1 Å². The molecule has 1 aliphatic heterocycles. The molecule has 122 valence electrons. The Balaban J connectivity index is 2.26. The lowest BCUT2D eigenvalue weighted by Gasteiger charge is -2.24. The first-order valence-electron chi connectivity index (χ1n) is 7.52. The van der Waals surface area contributed by atoms with Crippen LogP contribution in [0.3, 0.4) is 0 Å². The van der Waals surface area contributed by atoms with Gasteiger partial charge in [-0.2, -0.15) is 0 Å². The van der Waals surface area contributed by atoms with E-state index in [1.807, 2.05) is 6.92 Å². The molecule has 5 heteroatoms. The van der Waals surface area contributed by atoms with Crippen molar-refractivity contribution in [2.45, 2.75) is 65.7 Å². The van der Waals surface area contributed by atoms with E-state index >= 15 is 0 Å². The van der Waals surface area contributed by atoms with Gasteiger partial charge in [0.25, 0.3) is 5.92 Å². The lowest BCUT2D eigenvalue weighted by atomic mass is 9.95. The topological polar surface area (TPSA) is 29.5 Å². The van der Waals surface area contributed by atoms with Crippen LogP contribution in [-0.2, 0) is 30.2 Å². The summed E-state index contributed by atoms with van der Waals surface area (Å²) in [6.07, 6.45) is 0.130. The molecule has 3 nitrogen and oxygen atoms in total. The molecule has 1 aliphatic rings. The molecule has 1 aromatic rings. The first kappa shape index (κ1) is 16.7. The van der Waals surface area contributed by atoms with E-state index in [1.165, 1.54) is 0 Å². The third kappa shape index (κ3) is 3.57. The van der Waals surface area contributed by atoms with Gasteiger partial charge >= 0.3 is 6.09 Å². The van der Waals surface area contributed by atoms with Crippen LogP contribution in [0.15, 0.2) is 12.1 Å². The number of amides is 1. The Hall–Kier alpha value is -1.65. The van der Waals surface area contributed by atoms with Crippen molar-refractivity contribution in [1.29, 1.82) is 0 Å². The first-order valence-corrected chi connectivity index (χ1v) is 7.52. The van der Waals surface area contributed by atoms with E-state index < -0.39 is 17.6 Å². The Morgan fingerprint density at radius 3 is 2.18 bits per heavy atom. The van der Waals surface area contributed by atoms with Crippen molar-refractivity contribution < 1.29 is 18.3 Å². The van der Waals surface area contributed by atoms with Crippen LogP contribution in [0.4, 0.5) is 13.6 Å². The number of aryl methyl sites for hydroxylation is 1. The third-order valence-electron chi connectivity index (χ3n) is 3.65. The molecule has 0 fully saturated rings. The average Bonchev–Trinajstić information content (AvgIpc) is 2.76. The van der Waals surface area contributed by atoms with Gasteiger partial charge in [0, 0.05) is 25.6 Å². The summed E-state index contributed by atoms with van der Waals surface area (Å²) in [6.45, 7) is 8.91. The number of carbonyl (C=O) groups excluding carboxylic acids is 1. The normalized spacial score (nSPS) is 15.0. The number of halogens is 2. The number of carbonyl (C=O) groups is 1. The minimum absolute atomic E-state index is 0.0554. The molecule has 2 rings (SSSR count). The van der Waals surface area contributed by atoms with Gasteiger partial charge in [-0.15, -0.1) is 0 Å². The number of rotatable bonds is 2. The first-order chi connectivity index (χ1) is 10.0. The Morgan fingerprint density at radius 2 is 1.73 bits per heavy atom. The maximum Gasteiger partial charge on any atom is 0.410 e. The van der Waals surface area contributed by atoms with Crippen LogP contribution in [-0.4, -0.2) is 16.6 Å². The lowest BCUT2D eigenvalue weighted by molar-refractivity contribution is 0.0165. The zero-order valence-corrected chi connectivity index (χ0v) is 13.8. The molecule has 0 unspecified atom stereocenters. The van der Waals surface area contributed by atoms with E-state index in [9.17, 15) is 13.6 Å². The molecule has 0 aliphatic carbocycles. The van der Waals surface area contributed by atoms with Gasteiger partial charge in [0.1, 0.15) is 5.60 Å². The van der Waals surface area contributed by atoms with Gasteiger partial charge in [0.05, 0.1) is 0 Å². The number of fused-ring (bicyclic) bond motifs is 1. The fourth-order valence-corrected chi connectivity index (χ4v) is 2.66. The highest BCUT2D eigenvalue weighted by Crippen LogP contribution is 2.35. The molecule has 1 heterocycles. The average molecular weight is 311 g/mol. The van der Waals surface area contributed by atoms with Crippen molar-refractivity contribution in [1.82, 2.24) is 4.90 Å². The van der Waals surface area contributed by atoms with Crippen molar-refractivity contribution >= 4 is 6.09 Å². The van der Waals surface area contributed by atoms with E-state index in [-0.39, 0.29) is 5.56 Å². The van der Waals surface area contributed by atoms with E-state index in [4.69, 9.17) is 4.74 Å². The van der Waals surface area contributed by atoms with Crippen LogP contribution in [0.1, 0.15) is 56.9 Å². The number of nitrogens with zero attached hydrogens (tertiary/aromatic N) is 1. The molecular formula is C17H23F2NO2. The monoisotopic (exact) mass is 311 g/mol. The minimum atomic E-state index is -2.88. The van der Waals surface area contributed by atoms with Crippen LogP contribution in [0, 0.1) is 0 Å². The summed E-state index contributed by atoms with van der Waals surface area (Å²) in [5, 5.41) is 0. The number of hydrogen-bond acceptors (Lipinski definition) is 2. The van der Waals surface area contributed by atoms with Crippen LogP contribution >= 0.6 is 0 Å². The molecule has 0 N–H and O–H groups in total. The number of ether oxygens (including phenoxy) is 1. The Bertz CT molecular complexity index is 586. The summed E-state index contributed by atoms with van der Waals surface area (Å²) >= 11 is 0. The molecule has 0 bridgehead atoms. The molecule has 1 aromatic carbocycles. The zero-order valence-electron chi connectivity index (χ0n) is 13.8. The van der Waals surface area contributed by atoms with Crippen molar-refractivity contribution in [3.63, 3.8) is 0 Å². The summed E-state index contributed by atoms with van der Waals surface area (Å²) in [7, 11) is 0. The van der Waals surface area contributed by atoms with Gasteiger partial charge in [-0.3, -0.25) is 4.90 Å². The van der Waals surface area contributed by atoms with Gasteiger partial charge in [-0.05, 0) is 49.9 Å². The molecular weight excluding hydrogens is 288 g/mol. The Morgan fingerprint density at radius 1 is 1.18 bits per heavy atom. The van der Waals surface area contributed by atoms with Gasteiger partial charge in [-0.1, -0.05) is 13.0 Å². The highest BCUT2D eigenvalue weighted by molar-refractivity contribution is 5.69. The standard InChI is InChI=1S/C17H23F2NO2/c1-6-11-7-12-9-20(15(21)22-16(2,3)4)10-13(12)8-14(11)17(5,18)19/h7-8H,6,9-10H2,1-5H3. The summed E-state index contributed by atoms with van der Waals surface area (Å²) in [5.41, 5.74) is 1.83. The molecule has 0 aromatic heterocycles. The lowest BCUT2D eigenvalue weighted by Crippen LogP contribution is -2.33. The van der Waals surface area contributed by atoms with Crippen molar-refractivity contribution in [3.8, 4) is 0 Å². The highest BCUT2D eigenvalue weighted by atomic mass is 19.3. The van der Waals surface area contributed by atoms with Gasteiger partial charge in [0.2, 0.25) is 0 Å². The minimum Gasteiger partial charge on any atom is -0.444 e. The fraction of sp³-hybridized carbons (Fsp3) is 0.588. The Labute approximate surface area is 130 Å². The molecule has 0 saturated carbocycles. The zero-order chi connectivity index (χ0) is 16.7. The van der Waals surface area contributed by atoms with E-state index in [0.717, 1.165) is 18.1 Å². The second kappa shape index (κ2) is 5.52. The number of hydrogen-bond donors (Lipinski definition) is 0. The number of benzene rings is 1. The second-order valence-corrected chi connectivity index (χ2v) is 6.86. The largest absolute Gasteiger partial charge is 0.444 e. The molecule has 0 saturated heterocycles. The van der Waals surface area contributed by atoms with Crippen LogP contribution in [0.5, 0.6) is 0 Å². The summed E-state index contributed by atoms with van der Waals surface area (Å²) in [5.74, 6) is -2.88. The van der Waals surface area contributed by atoms with Crippen molar-refractivity contribution in [3.05, 3.63) is 34.4 Å². The second-order valence-electron chi connectivity index (χ2n) is 6.86.